The highest BCUT2D eigenvalue weighted by Crippen LogP contribution is 2.29. The first-order valence-corrected chi connectivity index (χ1v) is 8.01. The highest BCUT2D eigenvalue weighted by atomic mass is 15.3. The van der Waals surface area contributed by atoms with Crippen LogP contribution >= 0.6 is 0 Å². The van der Waals surface area contributed by atoms with Gasteiger partial charge in [0.25, 0.3) is 0 Å². The monoisotopic (exact) mass is 256 g/mol. The van der Waals surface area contributed by atoms with Gasteiger partial charge in [0.05, 0.1) is 0 Å². The van der Waals surface area contributed by atoms with Crippen molar-refractivity contribution >= 4 is 5.69 Å². The van der Waals surface area contributed by atoms with Crippen molar-refractivity contribution in [1.29, 1.82) is 0 Å². The molecule has 19 heavy (non-hydrogen) atoms. The van der Waals surface area contributed by atoms with Crippen LogP contribution in [0.4, 0.5) is 5.69 Å². The van der Waals surface area contributed by atoms with Gasteiger partial charge in [0, 0.05) is 31.4 Å². The molecule has 1 atom stereocenters. The lowest BCUT2D eigenvalue weighted by atomic mass is 9.99. The number of anilines is 1. The lowest BCUT2D eigenvalue weighted by molar-refractivity contribution is 0.133. The Bertz CT molecular complexity index is 468. The minimum Gasteiger partial charge on any atom is -0.369 e. The van der Waals surface area contributed by atoms with Crippen LogP contribution in [0.5, 0.6) is 0 Å². The molecule has 2 nitrogen and oxygen atoms in total. The molecule has 0 N–H and O–H groups in total. The van der Waals surface area contributed by atoms with Gasteiger partial charge in [0.15, 0.2) is 0 Å². The van der Waals surface area contributed by atoms with E-state index in [2.05, 4.69) is 28.0 Å². The van der Waals surface area contributed by atoms with E-state index in [9.17, 15) is 0 Å². The molecule has 1 aromatic carbocycles. The average Bonchev–Trinajstić information content (AvgIpc) is 2.94. The van der Waals surface area contributed by atoms with E-state index in [1.54, 1.807) is 11.1 Å². The van der Waals surface area contributed by atoms with Gasteiger partial charge in [-0.05, 0) is 61.9 Å². The number of hydrogen-bond acceptors (Lipinski definition) is 2. The smallest absolute Gasteiger partial charge is 0.0370 e. The summed E-state index contributed by atoms with van der Waals surface area (Å²) in [6.07, 6.45) is 8.20. The van der Waals surface area contributed by atoms with Crippen molar-refractivity contribution in [3.05, 3.63) is 29.3 Å². The molecular weight excluding hydrogens is 232 g/mol. The Balaban J connectivity index is 1.53. The lowest BCUT2D eigenvalue weighted by Gasteiger charge is -2.45. The normalized spacial score (nSPS) is 27.2. The van der Waals surface area contributed by atoms with E-state index in [1.807, 2.05) is 0 Å². The minimum absolute atomic E-state index is 0.816. The molecule has 0 aromatic heterocycles. The zero-order valence-electron chi connectivity index (χ0n) is 11.8. The summed E-state index contributed by atoms with van der Waals surface area (Å²) < 4.78 is 0. The predicted molar refractivity (Wildman–Crippen MR) is 79.9 cm³/mol. The summed E-state index contributed by atoms with van der Waals surface area (Å²) in [4.78, 5) is 5.35. The fourth-order valence-electron chi connectivity index (χ4n) is 4.15. The van der Waals surface area contributed by atoms with E-state index < -0.39 is 0 Å². The Morgan fingerprint density at radius 3 is 2.84 bits per heavy atom. The first-order valence-electron chi connectivity index (χ1n) is 8.01. The van der Waals surface area contributed by atoms with Crippen molar-refractivity contribution in [3.63, 3.8) is 0 Å². The molecule has 102 valence electrons. The molecule has 0 radical (unpaired) electrons. The summed E-state index contributed by atoms with van der Waals surface area (Å²) >= 11 is 0. The van der Waals surface area contributed by atoms with Crippen LogP contribution in [0.2, 0.25) is 0 Å². The first kappa shape index (κ1) is 11.8. The molecule has 0 spiro atoms. The highest BCUT2D eigenvalue weighted by Gasteiger charge is 2.29. The molecule has 3 aliphatic rings. The number of aryl methyl sites for hydroxylation is 2. The van der Waals surface area contributed by atoms with Crippen molar-refractivity contribution in [1.82, 2.24) is 4.90 Å². The Labute approximate surface area is 116 Å². The summed E-state index contributed by atoms with van der Waals surface area (Å²) in [5, 5.41) is 0. The molecule has 0 saturated carbocycles. The maximum Gasteiger partial charge on any atom is 0.0370 e. The predicted octanol–water partition coefficient (Wildman–Crippen LogP) is 2.85. The standard InChI is InChI=1S/C17H24N2/c1-2-9-18-10-11-19(13-17(18)6-1)16-8-7-14-4-3-5-15(14)12-16/h7-8,12,17H,1-6,9-11,13H2. The molecule has 2 heteroatoms. The van der Waals surface area contributed by atoms with Crippen molar-refractivity contribution in [3.8, 4) is 0 Å². The van der Waals surface area contributed by atoms with Gasteiger partial charge in [-0.2, -0.15) is 0 Å². The van der Waals surface area contributed by atoms with Gasteiger partial charge in [0.2, 0.25) is 0 Å². The summed E-state index contributed by atoms with van der Waals surface area (Å²) in [6.45, 7) is 5.07. The zero-order valence-corrected chi connectivity index (χ0v) is 11.8. The lowest BCUT2D eigenvalue weighted by Crippen LogP contribution is -2.54. The van der Waals surface area contributed by atoms with E-state index in [4.69, 9.17) is 0 Å². The van der Waals surface area contributed by atoms with Crippen molar-refractivity contribution in [2.24, 2.45) is 0 Å². The molecule has 1 unspecified atom stereocenters. The molecule has 1 aromatic rings. The quantitative estimate of drug-likeness (QED) is 0.762. The van der Waals surface area contributed by atoms with Crippen LogP contribution in [0.25, 0.3) is 0 Å². The number of piperidine rings is 1. The highest BCUT2D eigenvalue weighted by molar-refractivity contribution is 5.52. The summed E-state index contributed by atoms with van der Waals surface area (Å²) in [7, 11) is 0. The molecule has 1 aliphatic carbocycles. The molecule has 2 fully saturated rings. The zero-order chi connectivity index (χ0) is 12.7. The van der Waals surface area contributed by atoms with E-state index in [0.717, 1.165) is 6.04 Å². The number of rotatable bonds is 1. The van der Waals surface area contributed by atoms with Crippen LogP contribution in [-0.2, 0) is 12.8 Å². The Kier molecular flexibility index (Phi) is 2.99. The number of nitrogens with zero attached hydrogens (tertiary/aromatic N) is 2. The van der Waals surface area contributed by atoms with E-state index in [1.165, 1.54) is 70.4 Å². The van der Waals surface area contributed by atoms with Crippen LogP contribution in [0.15, 0.2) is 18.2 Å². The first-order chi connectivity index (χ1) is 9.40. The third-order valence-corrected chi connectivity index (χ3v) is 5.28. The van der Waals surface area contributed by atoms with E-state index in [-0.39, 0.29) is 0 Å². The van der Waals surface area contributed by atoms with Gasteiger partial charge < -0.3 is 4.90 Å². The summed E-state index contributed by atoms with van der Waals surface area (Å²) in [6, 6.07) is 8.03. The van der Waals surface area contributed by atoms with Crippen LogP contribution < -0.4 is 4.90 Å². The largest absolute Gasteiger partial charge is 0.369 e. The van der Waals surface area contributed by atoms with Gasteiger partial charge in [-0.25, -0.2) is 0 Å². The summed E-state index contributed by atoms with van der Waals surface area (Å²) in [5.74, 6) is 0. The molecule has 4 rings (SSSR count). The molecule has 2 aliphatic heterocycles. The Hall–Kier alpha value is -1.02. The van der Waals surface area contributed by atoms with Crippen molar-refractivity contribution in [2.75, 3.05) is 31.1 Å². The number of hydrogen-bond donors (Lipinski definition) is 0. The maximum atomic E-state index is 2.72. The minimum atomic E-state index is 0.816. The second-order valence-electron chi connectivity index (χ2n) is 6.44. The molecule has 0 bridgehead atoms. The molecule has 2 saturated heterocycles. The fourth-order valence-corrected chi connectivity index (χ4v) is 4.15. The third kappa shape index (κ3) is 2.16. The van der Waals surface area contributed by atoms with Crippen molar-refractivity contribution in [2.45, 2.75) is 44.6 Å². The topological polar surface area (TPSA) is 6.48 Å². The van der Waals surface area contributed by atoms with Crippen LogP contribution in [-0.4, -0.2) is 37.1 Å². The number of fused-ring (bicyclic) bond motifs is 2. The van der Waals surface area contributed by atoms with Crippen LogP contribution in [0.3, 0.4) is 0 Å². The number of piperazine rings is 1. The Morgan fingerprint density at radius 1 is 0.895 bits per heavy atom. The molecule has 2 heterocycles. The van der Waals surface area contributed by atoms with Gasteiger partial charge in [-0.3, -0.25) is 4.90 Å². The van der Waals surface area contributed by atoms with Crippen molar-refractivity contribution < 1.29 is 0 Å². The fraction of sp³-hybridized carbons (Fsp3) is 0.647. The molecular formula is C17H24N2. The SMILES string of the molecule is c1cc2c(cc1N1CCN3CCCCC3C1)CCC2. The maximum absolute atomic E-state index is 2.72. The van der Waals surface area contributed by atoms with Crippen LogP contribution in [0.1, 0.15) is 36.8 Å². The van der Waals surface area contributed by atoms with Gasteiger partial charge in [0.1, 0.15) is 0 Å². The number of benzene rings is 1. The molecule has 0 amide bonds. The van der Waals surface area contributed by atoms with Gasteiger partial charge >= 0.3 is 0 Å². The summed E-state index contributed by atoms with van der Waals surface area (Å²) in [5.41, 5.74) is 4.69. The Morgan fingerprint density at radius 2 is 1.84 bits per heavy atom. The van der Waals surface area contributed by atoms with E-state index in [0.29, 0.717) is 0 Å². The average molecular weight is 256 g/mol. The van der Waals surface area contributed by atoms with E-state index >= 15 is 0 Å². The second-order valence-corrected chi connectivity index (χ2v) is 6.44. The van der Waals surface area contributed by atoms with Crippen LogP contribution in [0, 0.1) is 0 Å². The second kappa shape index (κ2) is 4.82. The third-order valence-electron chi connectivity index (χ3n) is 5.28. The van der Waals surface area contributed by atoms with Gasteiger partial charge in [-0.1, -0.05) is 12.5 Å². The van der Waals surface area contributed by atoms with Gasteiger partial charge in [-0.15, -0.1) is 0 Å².